The molecule has 5 nitrogen and oxygen atoms in total. The van der Waals surface area contributed by atoms with Crippen LogP contribution >= 0.6 is 0 Å². The summed E-state index contributed by atoms with van der Waals surface area (Å²) in [5.41, 5.74) is 8.40. The van der Waals surface area contributed by atoms with Gasteiger partial charge in [-0.05, 0) is 37.8 Å². The number of methoxy groups -OCH3 is 1. The predicted molar refractivity (Wildman–Crippen MR) is 91.8 cm³/mol. The van der Waals surface area contributed by atoms with E-state index in [1.807, 2.05) is 19.1 Å². The van der Waals surface area contributed by atoms with Gasteiger partial charge in [0, 0.05) is 36.3 Å². The highest BCUT2D eigenvalue weighted by atomic mass is 16.5. The first-order valence-electron chi connectivity index (χ1n) is 8.06. The second-order valence-corrected chi connectivity index (χ2v) is 6.26. The van der Waals surface area contributed by atoms with Gasteiger partial charge in [0.1, 0.15) is 11.3 Å². The Hall–Kier alpha value is -2.30. The van der Waals surface area contributed by atoms with Crippen molar-refractivity contribution in [3.8, 4) is 5.75 Å². The largest absolute Gasteiger partial charge is 0.494 e. The molecule has 0 saturated carbocycles. The topological polar surface area (TPSA) is 68.5 Å². The van der Waals surface area contributed by atoms with Gasteiger partial charge in [-0.25, -0.2) is 4.98 Å². The summed E-state index contributed by atoms with van der Waals surface area (Å²) in [6.07, 6.45) is 2.59. The molecule has 3 rings (SSSR count). The number of amides is 1. The minimum atomic E-state index is -0.214. The van der Waals surface area contributed by atoms with Crippen molar-refractivity contribution in [2.24, 2.45) is 11.7 Å². The van der Waals surface area contributed by atoms with E-state index in [2.05, 4.69) is 22.0 Å². The summed E-state index contributed by atoms with van der Waals surface area (Å²) in [4.78, 5) is 18.2. The molecule has 2 N–H and O–H groups in total. The zero-order valence-electron chi connectivity index (χ0n) is 13.7. The number of carbonyl (C=O) groups excluding carboxylic acids is 1. The molecule has 0 bridgehead atoms. The summed E-state index contributed by atoms with van der Waals surface area (Å²) in [6.45, 7) is 3.85. The number of rotatable bonds is 4. The lowest BCUT2D eigenvalue weighted by atomic mass is 9.93. The van der Waals surface area contributed by atoms with Crippen molar-refractivity contribution in [3.05, 3.63) is 30.0 Å². The first kappa shape index (κ1) is 15.6. The Morgan fingerprint density at radius 3 is 3.04 bits per heavy atom. The summed E-state index contributed by atoms with van der Waals surface area (Å²) in [6, 6.07) is 8.13. The molecule has 0 spiro atoms. The Kier molecular flexibility index (Phi) is 4.37. The van der Waals surface area contributed by atoms with Crippen LogP contribution in [0.3, 0.4) is 0 Å². The van der Waals surface area contributed by atoms with Gasteiger partial charge in [-0.2, -0.15) is 0 Å². The van der Waals surface area contributed by atoms with Gasteiger partial charge in [-0.1, -0.05) is 12.1 Å². The third-order valence-electron chi connectivity index (χ3n) is 4.48. The van der Waals surface area contributed by atoms with Gasteiger partial charge in [-0.3, -0.25) is 4.79 Å². The second kappa shape index (κ2) is 6.44. The van der Waals surface area contributed by atoms with E-state index in [1.165, 1.54) is 5.69 Å². The highest BCUT2D eigenvalue weighted by Gasteiger charge is 2.23. The summed E-state index contributed by atoms with van der Waals surface area (Å²) in [5, 5.41) is 1.09. The zero-order chi connectivity index (χ0) is 16.4. The number of nitrogens with zero attached hydrogens (tertiary/aromatic N) is 2. The number of ether oxygens (including phenoxy) is 1. The SMILES string of the molecule is COc1cccc2c(N3CCCC(CC(N)=O)C3)cc(C)nc12. The first-order valence-corrected chi connectivity index (χ1v) is 8.06. The number of aryl methyl sites for hydroxylation is 1. The standard InChI is InChI=1S/C18H23N3O2/c1-12-9-15(14-6-3-7-16(23-2)18(14)20-12)21-8-4-5-13(11-21)10-17(19)22/h3,6-7,9,13H,4-5,8,10-11H2,1-2H3,(H2,19,22). The molecule has 5 heteroatoms. The molecule has 1 aliphatic heterocycles. The number of hydrogen-bond donors (Lipinski definition) is 1. The maximum atomic E-state index is 11.2. The first-order chi connectivity index (χ1) is 11.1. The minimum Gasteiger partial charge on any atom is -0.494 e. The molecule has 1 unspecified atom stereocenters. The van der Waals surface area contributed by atoms with Crippen LogP contribution in [0.15, 0.2) is 24.3 Å². The van der Waals surface area contributed by atoms with E-state index in [0.717, 1.165) is 48.3 Å². The molecule has 23 heavy (non-hydrogen) atoms. The summed E-state index contributed by atoms with van der Waals surface area (Å²) in [5.74, 6) is 0.905. The number of hydrogen-bond acceptors (Lipinski definition) is 4. The highest BCUT2D eigenvalue weighted by molar-refractivity contribution is 5.95. The van der Waals surface area contributed by atoms with Crippen LogP contribution < -0.4 is 15.4 Å². The van der Waals surface area contributed by atoms with Crippen LogP contribution in [0.2, 0.25) is 0 Å². The lowest BCUT2D eigenvalue weighted by Gasteiger charge is -2.35. The van der Waals surface area contributed by atoms with E-state index in [0.29, 0.717) is 12.3 Å². The third kappa shape index (κ3) is 3.23. The maximum absolute atomic E-state index is 11.2. The molecule has 2 heterocycles. The number of aromatic nitrogens is 1. The number of para-hydroxylation sites is 1. The summed E-state index contributed by atoms with van der Waals surface area (Å²) < 4.78 is 5.46. The molecule has 1 amide bonds. The molecule has 1 aliphatic rings. The lowest BCUT2D eigenvalue weighted by molar-refractivity contribution is -0.118. The average Bonchev–Trinajstić information content (AvgIpc) is 2.53. The Morgan fingerprint density at radius 2 is 2.30 bits per heavy atom. The molecule has 1 aromatic heterocycles. The van der Waals surface area contributed by atoms with Crippen LogP contribution in [0, 0.1) is 12.8 Å². The number of carbonyl (C=O) groups is 1. The van der Waals surface area contributed by atoms with Crippen molar-refractivity contribution in [2.45, 2.75) is 26.2 Å². The van der Waals surface area contributed by atoms with Crippen LogP contribution in [-0.2, 0) is 4.79 Å². The lowest BCUT2D eigenvalue weighted by Crippen LogP contribution is -2.37. The second-order valence-electron chi connectivity index (χ2n) is 6.26. The van der Waals surface area contributed by atoms with E-state index in [1.54, 1.807) is 7.11 Å². The number of nitrogens with two attached hydrogens (primary N) is 1. The van der Waals surface area contributed by atoms with Gasteiger partial charge < -0.3 is 15.4 Å². The fourth-order valence-corrected chi connectivity index (χ4v) is 3.49. The molecule has 2 aromatic rings. The Bertz CT molecular complexity index is 730. The quantitative estimate of drug-likeness (QED) is 0.942. The monoisotopic (exact) mass is 313 g/mol. The molecular formula is C18H23N3O2. The Labute approximate surface area is 136 Å². The Morgan fingerprint density at radius 1 is 1.48 bits per heavy atom. The van der Waals surface area contributed by atoms with Crippen molar-refractivity contribution in [1.82, 2.24) is 4.98 Å². The number of anilines is 1. The third-order valence-corrected chi connectivity index (χ3v) is 4.48. The van der Waals surface area contributed by atoms with Gasteiger partial charge in [0.2, 0.25) is 5.91 Å². The van der Waals surface area contributed by atoms with Crippen LogP contribution in [-0.4, -0.2) is 31.1 Å². The van der Waals surface area contributed by atoms with Crippen LogP contribution in [0.4, 0.5) is 5.69 Å². The molecule has 0 aliphatic carbocycles. The van der Waals surface area contributed by atoms with Crippen LogP contribution in [0.5, 0.6) is 5.75 Å². The van der Waals surface area contributed by atoms with Crippen molar-refractivity contribution < 1.29 is 9.53 Å². The van der Waals surface area contributed by atoms with Crippen molar-refractivity contribution >= 4 is 22.5 Å². The summed E-state index contributed by atoms with van der Waals surface area (Å²) >= 11 is 0. The number of benzene rings is 1. The van der Waals surface area contributed by atoms with Crippen molar-refractivity contribution in [2.75, 3.05) is 25.1 Å². The fraction of sp³-hybridized carbons (Fsp3) is 0.444. The molecule has 1 atom stereocenters. The maximum Gasteiger partial charge on any atom is 0.217 e. The fourth-order valence-electron chi connectivity index (χ4n) is 3.49. The number of pyridine rings is 1. The van der Waals surface area contributed by atoms with Crippen molar-refractivity contribution in [1.29, 1.82) is 0 Å². The molecule has 1 fully saturated rings. The van der Waals surface area contributed by atoms with Crippen LogP contribution in [0.1, 0.15) is 25.0 Å². The normalized spacial score (nSPS) is 18.2. The van der Waals surface area contributed by atoms with E-state index in [4.69, 9.17) is 10.5 Å². The van der Waals surface area contributed by atoms with Gasteiger partial charge >= 0.3 is 0 Å². The zero-order valence-corrected chi connectivity index (χ0v) is 13.7. The number of primary amides is 1. The van der Waals surface area contributed by atoms with E-state index in [9.17, 15) is 4.79 Å². The van der Waals surface area contributed by atoms with E-state index < -0.39 is 0 Å². The van der Waals surface area contributed by atoms with E-state index in [-0.39, 0.29) is 5.91 Å². The average molecular weight is 313 g/mol. The molecule has 122 valence electrons. The predicted octanol–water partition coefficient (Wildman–Crippen LogP) is 2.64. The van der Waals surface area contributed by atoms with Gasteiger partial charge in [-0.15, -0.1) is 0 Å². The minimum absolute atomic E-state index is 0.214. The van der Waals surface area contributed by atoms with Gasteiger partial charge in [0.15, 0.2) is 0 Å². The van der Waals surface area contributed by atoms with Crippen LogP contribution in [0.25, 0.3) is 10.9 Å². The smallest absolute Gasteiger partial charge is 0.217 e. The van der Waals surface area contributed by atoms with Gasteiger partial charge in [0.05, 0.1) is 7.11 Å². The molecule has 1 saturated heterocycles. The number of piperidine rings is 1. The van der Waals surface area contributed by atoms with E-state index >= 15 is 0 Å². The molecule has 0 radical (unpaired) electrons. The molecule has 1 aromatic carbocycles. The highest BCUT2D eigenvalue weighted by Crippen LogP contribution is 2.34. The van der Waals surface area contributed by atoms with Crippen molar-refractivity contribution in [3.63, 3.8) is 0 Å². The Balaban J connectivity index is 2.00. The number of fused-ring (bicyclic) bond motifs is 1. The molecular weight excluding hydrogens is 290 g/mol. The summed E-state index contributed by atoms with van der Waals surface area (Å²) in [7, 11) is 1.67. The van der Waals surface area contributed by atoms with Gasteiger partial charge in [0.25, 0.3) is 0 Å².